The Labute approximate surface area is 163 Å². The van der Waals surface area contributed by atoms with E-state index < -0.39 is 0 Å². The van der Waals surface area contributed by atoms with Crippen LogP contribution in [0, 0.1) is 0 Å². The van der Waals surface area contributed by atoms with Crippen molar-refractivity contribution < 1.29 is 13.6 Å². The van der Waals surface area contributed by atoms with Crippen molar-refractivity contribution in [3.05, 3.63) is 54.1 Å². The Morgan fingerprint density at radius 3 is 2.78 bits per heavy atom. The summed E-state index contributed by atoms with van der Waals surface area (Å²) in [6.45, 7) is 0.666. The molecule has 8 nitrogen and oxygen atoms in total. The molecule has 1 N–H and O–H groups in total. The van der Waals surface area contributed by atoms with Gasteiger partial charge in [0.15, 0.2) is 10.1 Å². The van der Waals surface area contributed by atoms with Crippen LogP contribution in [0.25, 0.3) is 11.7 Å². The van der Waals surface area contributed by atoms with E-state index >= 15 is 0 Å². The van der Waals surface area contributed by atoms with E-state index in [0.29, 0.717) is 29.8 Å². The van der Waals surface area contributed by atoms with Gasteiger partial charge < -0.3 is 18.9 Å². The molecule has 0 fully saturated rings. The van der Waals surface area contributed by atoms with Gasteiger partial charge in [-0.1, -0.05) is 35.2 Å². The molecule has 3 heterocycles. The minimum absolute atomic E-state index is 0.370. The van der Waals surface area contributed by atoms with Gasteiger partial charge in [-0.25, -0.2) is 0 Å². The highest BCUT2D eigenvalue weighted by Gasteiger charge is 2.12. The summed E-state index contributed by atoms with van der Waals surface area (Å²) in [5, 5.41) is 20.3. The van der Waals surface area contributed by atoms with Crippen molar-refractivity contribution in [1.82, 2.24) is 20.4 Å². The van der Waals surface area contributed by atoms with Crippen LogP contribution in [0.1, 0.15) is 11.5 Å². The Bertz CT molecular complexity index is 982. The number of benzene rings is 1. The standard InChI is InChI=1S/C17H15N5O3S2/c1-23-12-6-4-11(5-7-12)9-18-16-21-22-17(27-16)26-10-14-19-20-15(25-14)13-3-2-8-24-13/h2-8H,9-10H2,1H3,(H,18,21). The fraction of sp³-hybridized carbons (Fsp3) is 0.176. The molecule has 0 saturated heterocycles. The summed E-state index contributed by atoms with van der Waals surface area (Å²) in [6, 6.07) is 11.4. The van der Waals surface area contributed by atoms with Crippen LogP contribution < -0.4 is 10.1 Å². The molecule has 1 aromatic carbocycles. The Balaban J connectivity index is 1.29. The Morgan fingerprint density at radius 2 is 2.00 bits per heavy atom. The highest BCUT2D eigenvalue weighted by molar-refractivity contribution is 8.00. The van der Waals surface area contributed by atoms with Gasteiger partial charge >= 0.3 is 0 Å². The van der Waals surface area contributed by atoms with Gasteiger partial charge in [0.05, 0.1) is 19.1 Å². The second-order valence-corrected chi connectivity index (χ2v) is 7.54. The lowest BCUT2D eigenvalue weighted by Crippen LogP contribution is -1.98. The van der Waals surface area contributed by atoms with Crippen molar-refractivity contribution in [2.24, 2.45) is 0 Å². The van der Waals surface area contributed by atoms with Crippen LogP contribution in [-0.4, -0.2) is 27.5 Å². The predicted molar refractivity (Wildman–Crippen MR) is 102 cm³/mol. The smallest absolute Gasteiger partial charge is 0.283 e. The maximum atomic E-state index is 5.57. The average Bonchev–Trinajstić information content (AvgIpc) is 3.46. The Hall–Kier alpha value is -2.85. The third-order valence-corrected chi connectivity index (χ3v) is 5.53. The monoisotopic (exact) mass is 401 g/mol. The quantitative estimate of drug-likeness (QED) is 0.437. The number of hydrogen-bond acceptors (Lipinski definition) is 10. The van der Waals surface area contributed by atoms with Crippen molar-refractivity contribution >= 4 is 28.2 Å². The molecule has 0 spiro atoms. The number of nitrogens with one attached hydrogen (secondary N) is 1. The first-order chi connectivity index (χ1) is 13.3. The molecule has 0 unspecified atom stereocenters. The molecular formula is C17H15N5O3S2. The molecule has 0 aliphatic heterocycles. The number of methoxy groups -OCH3 is 1. The van der Waals surface area contributed by atoms with Crippen LogP contribution in [0.3, 0.4) is 0 Å². The SMILES string of the molecule is COc1ccc(CNc2nnc(SCc3nnc(-c4ccco4)o3)s2)cc1. The molecule has 0 aliphatic rings. The molecular weight excluding hydrogens is 386 g/mol. The second-order valence-electron chi connectivity index (χ2n) is 5.34. The summed E-state index contributed by atoms with van der Waals surface area (Å²) >= 11 is 2.97. The van der Waals surface area contributed by atoms with E-state index in [9.17, 15) is 0 Å². The maximum Gasteiger partial charge on any atom is 0.283 e. The molecule has 4 rings (SSSR count). The lowest BCUT2D eigenvalue weighted by Gasteiger charge is -2.03. The lowest BCUT2D eigenvalue weighted by molar-refractivity contribution is 0.414. The number of ether oxygens (including phenoxy) is 1. The normalized spacial score (nSPS) is 10.9. The topological polar surface area (TPSA) is 99.1 Å². The number of anilines is 1. The highest BCUT2D eigenvalue weighted by atomic mass is 32.2. The van der Waals surface area contributed by atoms with Gasteiger partial charge in [0.2, 0.25) is 11.0 Å². The van der Waals surface area contributed by atoms with Crippen molar-refractivity contribution in [3.8, 4) is 17.4 Å². The number of rotatable bonds is 8. The van der Waals surface area contributed by atoms with E-state index in [1.165, 1.54) is 23.1 Å². The third-order valence-electron chi connectivity index (χ3n) is 3.53. The van der Waals surface area contributed by atoms with Gasteiger partial charge in [0.1, 0.15) is 5.75 Å². The van der Waals surface area contributed by atoms with E-state index in [-0.39, 0.29) is 0 Å². The fourth-order valence-electron chi connectivity index (χ4n) is 2.20. The molecule has 4 aromatic rings. The number of furan rings is 1. The van der Waals surface area contributed by atoms with Crippen LogP contribution >= 0.6 is 23.1 Å². The fourth-order valence-corrected chi connectivity index (χ4v) is 3.78. The average molecular weight is 401 g/mol. The minimum Gasteiger partial charge on any atom is -0.497 e. The molecule has 0 amide bonds. The van der Waals surface area contributed by atoms with Crippen LogP contribution in [-0.2, 0) is 12.3 Å². The molecule has 0 saturated carbocycles. The number of nitrogens with zero attached hydrogens (tertiary/aromatic N) is 4. The van der Waals surface area contributed by atoms with Gasteiger partial charge in [0.25, 0.3) is 5.89 Å². The molecule has 138 valence electrons. The van der Waals surface area contributed by atoms with Crippen molar-refractivity contribution in [1.29, 1.82) is 0 Å². The zero-order chi connectivity index (χ0) is 18.5. The zero-order valence-electron chi connectivity index (χ0n) is 14.3. The van der Waals surface area contributed by atoms with Gasteiger partial charge in [-0.05, 0) is 29.8 Å². The van der Waals surface area contributed by atoms with Gasteiger partial charge in [-0.2, -0.15) is 0 Å². The van der Waals surface area contributed by atoms with E-state index in [1.807, 2.05) is 24.3 Å². The predicted octanol–water partition coefficient (Wildman–Crippen LogP) is 4.09. The number of thioether (sulfide) groups is 1. The maximum absolute atomic E-state index is 5.57. The van der Waals surface area contributed by atoms with Crippen LogP contribution in [0.5, 0.6) is 5.75 Å². The first kappa shape index (κ1) is 17.6. The summed E-state index contributed by atoms with van der Waals surface area (Å²) in [7, 11) is 1.65. The first-order valence-electron chi connectivity index (χ1n) is 7.99. The van der Waals surface area contributed by atoms with Gasteiger partial charge in [-0.15, -0.1) is 20.4 Å². The highest BCUT2D eigenvalue weighted by Crippen LogP contribution is 2.29. The molecule has 0 atom stereocenters. The molecule has 10 heteroatoms. The zero-order valence-corrected chi connectivity index (χ0v) is 15.9. The van der Waals surface area contributed by atoms with Gasteiger partial charge in [-0.3, -0.25) is 0 Å². The molecule has 3 aromatic heterocycles. The summed E-state index contributed by atoms with van der Waals surface area (Å²) in [4.78, 5) is 0. The number of hydrogen-bond donors (Lipinski definition) is 1. The van der Waals surface area contributed by atoms with E-state index in [4.69, 9.17) is 13.6 Å². The summed E-state index contributed by atoms with van der Waals surface area (Å²) in [5.41, 5.74) is 1.14. The van der Waals surface area contributed by atoms with Crippen molar-refractivity contribution in [2.75, 3.05) is 12.4 Å². The molecule has 0 aliphatic carbocycles. The van der Waals surface area contributed by atoms with Crippen molar-refractivity contribution in [2.45, 2.75) is 16.6 Å². The largest absolute Gasteiger partial charge is 0.497 e. The first-order valence-corrected chi connectivity index (χ1v) is 9.80. The summed E-state index contributed by atoms with van der Waals surface area (Å²) in [6.07, 6.45) is 1.57. The minimum atomic E-state index is 0.370. The van der Waals surface area contributed by atoms with Crippen molar-refractivity contribution in [3.63, 3.8) is 0 Å². The Morgan fingerprint density at radius 1 is 1.11 bits per heavy atom. The van der Waals surface area contributed by atoms with E-state index in [1.54, 1.807) is 25.5 Å². The molecule has 0 bridgehead atoms. The van der Waals surface area contributed by atoms with Crippen LogP contribution in [0.2, 0.25) is 0 Å². The van der Waals surface area contributed by atoms with Crippen LogP contribution in [0.15, 0.2) is 55.8 Å². The van der Waals surface area contributed by atoms with E-state index in [2.05, 4.69) is 25.7 Å². The summed E-state index contributed by atoms with van der Waals surface area (Å²) < 4.78 is 16.8. The molecule has 0 radical (unpaired) electrons. The third kappa shape index (κ3) is 4.47. The van der Waals surface area contributed by atoms with E-state index in [0.717, 1.165) is 20.8 Å². The number of aromatic nitrogens is 4. The second kappa shape index (κ2) is 8.23. The Kier molecular flexibility index (Phi) is 5.35. The van der Waals surface area contributed by atoms with Crippen LogP contribution in [0.4, 0.5) is 5.13 Å². The van der Waals surface area contributed by atoms with Gasteiger partial charge in [0, 0.05) is 6.54 Å². The lowest BCUT2D eigenvalue weighted by atomic mass is 10.2. The molecule has 27 heavy (non-hydrogen) atoms. The summed E-state index contributed by atoms with van der Waals surface area (Å²) in [5.74, 6) is 2.79.